The van der Waals surface area contributed by atoms with Gasteiger partial charge in [0, 0.05) is 10.7 Å². The molecule has 2 aromatic rings. The van der Waals surface area contributed by atoms with Crippen LogP contribution >= 0.6 is 15.9 Å². The van der Waals surface area contributed by atoms with E-state index < -0.39 is 5.97 Å². The summed E-state index contributed by atoms with van der Waals surface area (Å²) in [4.78, 5) is 27.6. The van der Waals surface area contributed by atoms with E-state index in [1.54, 1.807) is 30.3 Å². The van der Waals surface area contributed by atoms with Crippen LogP contribution in [0.3, 0.4) is 0 Å². The smallest absolute Gasteiger partial charge is 0.337 e. The first-order chi connectivity index (χ1) is 10.1. The lowest BCUT2D eigenvalue weighted by Crippen LogP contribution is -2.23. The molecule has 108 valence electrons. The van der Waals surface area contributed by atoms with E-state index in [1.165, 1.54) is 13.3 Å². The average Bonchev–Trinajstić information content (AvgIpc) is 2.52. The van der Waals surface area contributed by atoms with Crippen LogP contribution in [0.4, 0.5) is 0 Å². The third-order valence-corrected chi connectivity index (χ3v) is 3.48. The number of ether oxygens (including phenoxy) is 1. The van der Waals surface area contributed by atoms with Gasteiger partial charge in [0.05, 0.1) is 30.5 Å². The molecule has 0 saturated heterocycles. The molecule has 0 spiro atoms. The van der Waals surface area contributed by atoms with Crippen molar-refractivity contribution in [2.24, 2.45) is 0 Å². The number of nitrogens with zero attached hydrogens (tertiary/aromatic N) is 1. The fourth-order valence-electron chi connectivity index (χ4n) is 1.73. The van der Waals surface area contributed by atoms with Crippen LogP contribution in [0.15, 0.2) is 47.1 Å². The summed E-state index contributed by atoms with van der Waals surface area (Å²) >= 11 is 3.33. The molecule has 1 aromatic heterocycles. The van der Waals surface area contributed by atoms with Gasteiger partial charge >= 0.3 is 5.97 Å². The molecule has 0 aliphatic heterocycles. The molecule has 21 heavy (non-hydrogen) atoms. The largest absolute Gasteiger partial charge is 0.465 e. The van der Waals surface area contributed by atoms with Gasteiger partial charge in [0.1, 0.15) is 0 Å². The van der Waals surface area contributed by atoms with Crippen LogP contribution in [-0.2, 0) is 11.3 Å². The third kappa shape index (κ3) is 3.88. The number of benzene rings is 1. The first-order valence-electron chi connectivity index (χ1n) is 6.18. The highest BCUT2D eigenvalue weighted by Crippen LogP contribution is 2.15. The SMILES string of the molecule is COC(=O)c1ccnc(CNC(=O)c2ccccc2Br)c1. The summed E-state index contributed by atoms with van der Waals surface area (Å²) in [7, 11) is 1.32. The second-order valence-corrected chi connectivity index (χ2v) is 5.04. The van der Waals surface area contributed by atoms with Gasteiger partial charge in [0.2, 0.25) is 0 Å². The number of nitrogens with one attached hydrogen (secondary N) is 1. The van der Waals surface area contributed by atoms with Crippen LogP contribution in [0.5, 0.6) is 0 Å². The molecule has 1 N–H and O–H groups in total. The quantitative estimate of drug-likeness (QED) is 0.862. The molecule has 0 aliphatic carbocycles. The number of carbonyl (C=O) groups is 2. The van der Waals surface area contributed by atoms with Gasteiger partial charge in [-0.1, -0.05) is 12.1 Å². The van der Waals surface area contributed by atoms with Crippen molar-refractivity contribution in [3.05, 3.63) is 63.9 Å². The predicted octanol–water partition coefficient (Wildman–Crippen LogP) is 2.56. The Morgan fingerprint density at radius 1 is 1.29 bits per heavy atom. The van der Waals surface area contributed by atoms with E-state index in [-0.39, 0.29) is 12.5 Å². The van der Waals surface area contributed by atoms with E-state index in [9.17, 15) is 9.59 Å². The zero-order chi connectivity index (χ0) is 15.2. The number of esters is 1. The van der Waals surface area contributed by atoms with Gasteiger partial charge in [-0.2, -0.15) is 0 Å². The standard InChI is InChI=1S/C15H13BrN2O3/c1-21-15(20)10-6-7-17-11(8-10)9-18-14(19)12-4-2-3-5-13(12)16/h2-8H,9H2,1H3,(H,18,19). The topological polar surface area (TPSA) is 68.3 Å². The van der Waals surface area contributed by atoms with Crippen LogP contribution in [0.1, 0.15) is 26.4 Å². The Morgan fingerprint density at radius 2 is 2.05 bits per heavy atom. The number of rotatable bonds is 4. The van der Waals surface area contributed by atoms with Crippen molar-refractivity contribution in [3.8, 4) is 0 Å². The maximum atomic E-state index is 12.1. The highest BCUT2D eigenvalue weighted by atomic mass is 79.9. The Kier molecular flexibility index (Phi) is 5.05. The number of carbonyl (C=O) groups excluding carboxylic acids is 2. The highest BCUT2D eigenvalue weighted by molar-refractivity contribution is 9.10. The Hall–Kier alpha value is -2.21. The van der Waals surface area contributed by atoms with Gasteiger partial charge in [-0.3, -0.25) is 9.78 Å². The van der Waals surface area contributed by atoms with Crippen molar-refractivity contribution in [3.63, 3.8) is 0 Å². The van der Waals surface area contributed by atoms with Gasteiger partial charge in [-0.15, -0.1) is 0 Å². The number of pyridine rings is 1. The minimum absolute atomic E-state index is 0.215. The lowest BCUT2D eigenvalue weighted by molar-refractivity contribution is 0.0600. The summed E-state index contributed by atoms with van der Waals surface area (Å²) in [6.07, 6.45) is 1.51. The molecule has 1 aromatic carbocycles. The molecule has 2 rings (SSSR count). The maximum Gasteiger partial charge on any atom is 0.337 e. The number of methoxy groups -OCH3 is 1. The third-order valence-electron chi connectivity index (χ3n) is 2.79. The highest BCUT2D eigenvalue weighted by Gasteiger charge is 2.10. The van der Waals surface area contributed by atoms with E-state index in [1.807, 2.05) is 6.07 Å². The molecule has 0 unspecified atom stereocenters. The minimum atomic E-state index is -0.434. The normalized spacial score (nSPS) is 10.0. The Morgan fingerprint density at radius 3 is 2.76 bits per heavy atom. The van der Waals surface area contributed by atoms with E-state index in [2.05, 4.69) is 31.0 Å². The van der Waals surface area contributed by atoms with Gasteiger partial charge in [-0.25, -0.2) is 4.79 Å². The van der Waals surface area contributed by atoms with Crippen molar-refractivity contribution >= 4 is 27.8 Å². The number of hydrogen-bond donors (Lipinski definition) is 1. The molecule has 1 heterocycles. The second-order valence-electron chi connectivity index (χ2n) is 4.19. The zero-order valence-corrected chi connectivity index (χ0v) is 12.9. The summed E-state index contributed by atoms with van der Waals surface area (Å²) in [5.74, 6) is -0.650. The van der Waals surface area contributed by atoms with Crippen LogP contribution < -0.4 is 5.32 Å². The number of amides is 1. The number of halogens is 1. The molecule has 0 saturated carbocycles. The average molecular weight is 349 g/mol. The fraction of sp³-hybridized carbons (Fsp3) is 0.133. The fourth-order valence-corrected chi connectivity index (χ4v) is 2.20. The monoisotopic (exact) mass is 348 g/mol. The Bertz CT molecular complexity index is 673. The maximum absolute atomic E-state index is 12.1. The van der Waals surface area contributed by atoms with Crippen molar-refractivity contribution in [1.82, 2.24) is 10.3 Å². The summed E-state index contributed by atoms with van der Waals surface area (Å²) < 4.78 is 5.36. The summed E-state index contributed by atoms with van der Waals surface area (Å²) in [6, 6.07) is 10.3. The van der Waals surface area contributed by atoms with E-state index in [0.29, 0.717) is 16.8 Å². The van der Waals surface area contributed by atoms with Crippen molar-refractivity contribution in [1.29, 1.82) is 0 Å². The van der Waals surface area contributed by atoms with Gasteiger partial charge in [-0.05, 0) is 40.2 Å². The molecule has 6 heteroatoms. The van der Waals surface area contributed by atoms with Crippen LogP contribution in [0, 0.1) is 0 Å². The molecule has 1 amide bonds. The summed E-state index contributed by atoms with van der Waals surface area (Å²) in [6.45, 7) is 0.227. The van der Waals surface area contributed by atoms with Gasteiger partial charge in [0.15, 0.2) is 0 Å². The number of hydrogen-bond acceptors (Lipinski definition) is 4. The summed E-state index contributed by atoms with van der Waals surface area (Å²) in [5.41, 5.74) is 1.53. The summed E-state index contributed by atoms with van der Waals surface area (Å²) in [5, 5.41) is 2.76. The predicted molar refractivity (Wildman–Crippen MR) is 80.9 cm³/mol. The molecule has 5 nitrogen and oxygen atoms in total. The first-order valence-corrected chi connectivity index (χ1v) is 6.97. The van der Waals surface area contributed by atoms with Crippen LogP contribution in [-0.4, -0.2) is 24.0 Å². The lowest BCUT2D eigenvalue weighted by Gasteiger charge is -2.07. The minimum Gasteiger partial charge on any atom is -0.465 e. The number of aromatic nitrogens is 1. The van der Waals surface area contributed by atoms with Gasteiger partial charge in [0.25, 0.3) is 5.91 Å². The molecule has 0 radical (unpaired) electrons. The van der Waals surface area contributed by atoms with Crippen molar-refractivity contribution in [2.45, 2.75) is 6.54 Å². The van der Waals surface area contributed by atoms with E-state index in [4.69, 9.17) is 0 Å². The van der Waals surface area contributed by atoms with Crippen LogP contribution in [0.2, 0.25) is 0 Å². The molecule has 0 fully saturated rings. The van der Waals surface area contributed by atoms with E-state index >= 15 is 0 Å². The zero-order valence-electron chi connectivity index (χ0n) is 11.3. The Balaban J connectivity index is 2.05. The molecular weight excluding hydrogens is 336 g/mol. The molecular formula is C15H13BrN2O3. The van der Waals surface area contributed by atoms with Crippen molar-refractivity contribution in [2.75, 3.05) is 7.11 Å². The van der Waals surface area contributed by atoms with E-state index in [0.717, 1.165) is 4.47 Å². The van der Waals surface area contributed by atoms with Crippen molar-refractivity contribution < 1.29 is 14.3 Å². The lowest BCUT2D eigenvalue weighted by atomic mass is 10.2. The van der Waals surface area contributed by atoms with Crippen LogP contribution in [0.25, 0.3) is 0 Å². The first kappa shape index (κ1) is 15.2. The molecule has 0 bridgehead atoms. The van der Waals surface area contributed by atoms with Gasteiger partial charge < -0.3 is 10.1 Å². The molecule has 0 aliphatic rings. The Labute approximate surface area is 130 Å². The molecule has 0 atom stereocenters. The second kappa shape index (κ2) is 6.99.